The van der Waals surface area contributed by atoms with E-state index in [2.05, 4.69) is 20.6 Å². The van der Waals surface area contributed by atoms with Crippen LogP contribution in [0.25, 0.3) is 5.65 Å². The number of anilines is 2. The van der Waals surface area contributed by atoms with Gasteiger partial charge in [0.1, 0.15) is 5.82 Å². The summed E-state index contributed by atoms with van der Waals surface area (Å²) in [5.41, 5.74) is 0.398. The number of hydrogen-bond acceptors (Lipinski definition) is 7. The smallest absolute Gasteiger partial charge is 0.452 e. The molecule has 180 valence electrons. The Morgan fingerprint density at radius 1 is 1.15 bits per heavy atom. The van der Waals surface area contributed by atoms with Crippen molar-refractivity contribution in [1.82, 2.24) is 19.8 Å². The lowest BCUT2D eigenvalue weighted by Crippen LogP contribution is -2.39. The number of fused-ring (bicyclic) bond motifs is 1. The molecular weight excluding hydrogens is 477 g/mol. The van der Waals surface area contributed by atoms with Crippen LogP contribution in [0, 0.1) is 5.92 Å². The molecule has 4 rings (SSSR count). The van der Waals surface area contributed by atoms with E-state index in [4.69, 9.17) is 16.3 Å². The highest BCUT2D eigenvalue weighted by Gasteiger charge is 2.38. The maximum atomic E-state index is 13.1. The quantitative estimate of drug-likeness (QED) is 0.539. The molecule has 3 heterocycles. The van der Waals surface area contributed by atoms with Gasteiger partial charge in [-0.2, -0.15) is 17.7 Å². The van der Waals surface area contributed by atoms with E-state index in [-0.39, 0.29) is 5.65 Å². The average Bonchev–Trinajstić information content (AvgIpc) is 3.24. The third-order valence-corrected chi connectivity index (χ3v) is 5.78. The van der Waals surface area contributed by atoms with Crippen LogP contribution in [0.2, 0.25) is 5.02 Å². The number of esters is 1. The number of para-hydroxylation sites is 1. The molecular formula is C21H20ClF3N6O3. The van der Waals surface area contributed by atoms with E-state index >= 15 is 0 Å². The number of alkyl halides is 3. The number of ether oxygens (including phenoxy) is 1. The Labute approximate surface area is 196 Å². The molecule has 1 aliphatic rings. The number of rotatable bonds is 5. The third kappa shape index (κ3) is 5.06. The van der Waals surface area contributed by atoms with Crippen molar-refractivity contribution in [1.29, 1.82) is 0 Å². The van der Waals surface area contributed by atoms with E-state index < -0.39 is 35.9 Å². The molecule has 1 atom stereocenters. The molecule has 34 heavy (non-hydrogen) atoms. The summed E-state index contributed by atoms with van der Waals surface area (Å²) in [5.74, 6) is -2.35. The fraction of sp³-hybridized carbons (Fsp3) is 0.381. The maximum absolute atomic E-state index is 13.1. The summed E-state index contributed by atoms with van der Waals surface area (Å²) in [6.45, 7) is 2.22. The van der Waals surface area contributed by atoms with Crippen molar-refractivity contribution in [2.24, 2.45) is 5.92 Å². The van der Waals surface area contributed by atoms with E-state index in [1.807, 2.05) is 0 Å². The standard InChI is InChI=1S/C21H20ClF3N6O3/c1-12(18(32)26-15-5-3-2-4-14(15)22)34-19(33)13-8-10-30(11-9-13)17-7-6-16-27-28-20(21(23,24)25)31(16)29-17/h2-7,12-13H,8-11H2,1H3,(H,26,32). The van der Waals surface area contributed by atoms with Crippen LogP contribution in [0.1, 0.15) is 25.6 Å². The molecule has 3 aromatic rings. The van der Waals surface area contributed by atoms with Crippen molar-refractivity contribution in [3.8, 4) is 0 Å². The minimum absolute atomic E-state index is 0.0152. The third-order valence-electron chi connectivity index (χ3n) is 5.45. The van der Waals surface area contributed by atoms with Gasteiger partial charge in [-0.25, -0.2) is 0 Å². The summed E-state index contributed by atoms with van der Waals surface area (Å²) in [6.07, 6.45) is -4.92. The molecule has 0 aliphatic carbocycles. The van der Waals surface area contributed by atoms with Crippen LogP contribution in [0.4, 0.5) is 24.7 Å². The minimum atomic E-state index is -4.68. The van der Waals surface area contributed by atoms with Crippen LogP contribution in [0.3, 0.4) is 0 Å². The lowest BCUT2D eigenvalue weighted by atomic mass is 9.97. The van der Waals surface area contributed by atoms with Gasteiger partial charge in [-0.1, -0.05) is 23.7 Å². The number of carbonyl (C=O) groups excluding carboxylic acids is 2. The first-order valence-corrected chi connectivity index (χ1v) is 10.8. The van der Waals surface area contributed by atoms with E-state index in [1.165, 1.54) is 13.0 Å². The summed E-state index contributed by atoms with van der Waals surface area (Å²) >= 11 is 6.02. The van der Waals surface area contributed by atoms with Gasteiger partial charge < -0.3 is 15.0 Å². The van der Waals surface area contributed by atoms with Crippen LogP contribution >= 0.6 is 11.6 Å². The number of amides is 1. The summed E-state index contributed by atoms with van der Waals surface area (Å²) in [7, 11) is 0. The van der Waals surface area contributed by atoms with Gasteiger partial charge in [-0.3, -0.25) is 9.59 Å². The average molecular weight is 497 g/mol. The molecule has 0 spiro atoms. The van der Waals surface area contributed by atoms with Crippen molar-refractivity contribution in [2.75, 3.05) is 23.3 Å². The Kier molecular flexibility index (Phi) is 6.60. The molecule has 2 aromatic heterocycles. The first-order chi connectivity index (χ1) is 16.1. The molecule has 1 amide bonds. The minimum Gasteiger partial charge on any atom is -0.452 e. The summed E-state index contributed by atoms with van der Waals surface area (Å²) < 4.78 is 45.3. The molecule has 0 radical (unpaired) electrons. The summed E-state index contributed by atoms with van der Waals surface area (Å²) in [5, 5.41) is 13.7. The van der Waals surface area contributed by atoms with Crippen molar-refractivity contribution in [3.63, 3.8) is 0 Å². The van der Waals surface area contributed by atoms with Crippen LogP contribution in [-0.4, -0.2) is 50.9 Å². The zero-order chi connectivity index (χ0) is 24.5. The lowest BCUT2D eigenvalue weighted by molar-refractivity contribution is -0.158. The van der Waals surface area contributed by atoms with Gasteiger partial charge in [-0.05, 0) is 44.0 Å². The second-order valence-corrected chi connectivity index (χ2v) is 8.20. The van der Waals surface area contributed by atoms with Gasteiger partial charge in [0.2, 0.25) is 0 Å². The number of piperidine rings is 1. The highest BCUT2D eigenvalue weighted by molar-refractivity contribution is 6.33. The lowest BCUT2D eigenvalue weighted by Gasteiger charge is -2.32. The molecule has 1 aromatic carbocycles. The molecule has 0 saturated carbocycles. The number of hydrogen-bond donors (Lipinski definition) is 1. The number of aromatic nitrogens is 4. The number of benzene rings is 1. The molecule has 0 bridgehead atoms. The fourth-order valence-corrected chi connectivity index (χ4v) is 3.77. The molecule has 13 heteroatoms. The van der Waals surface area contributed by atoms with Crippen molar-refractivity contribution in [3.05, 3.63) is 47.2 Å². The predicted molar refractivity (Wildman–Crippen MR) is 116 cm³/mol. The van der Waals surface area contributed by atoms with Gasteiger partial charge in [0.05, 0.1) is 16.6 Å². The fourth-order valence-electron chi connectivity index (χ4n) is 3.59. The molecule has 9 nitrogen and oxygen atoms in total. The predicted octanol–water partition coefficient (Wildman–Crippen LogP) is 3.58. The molecule has 1 saturated heterocycles. The van der Waals surface area contributed by atoms with E-state index in [0.29, 0.717) is 47.0 Å². The topological polar surface area (TPSA) is 102 Å². The second kappa shape index (κ2) is 9.45. The van der Waals surface area contributed by atoms with Crippen LogP contribution in [-0.2, 0) is 20.5 Å². The van der Waals surface area contributed by atoms with E-state index in [1.54, 1.807) is 35.2 Å². The van der Waals surface area contributed by atoms with Gasteiger partial charge >= 0.3 is 12.1 Å². The van der Waals surface area contributed by atoms with Gasteiger partial charge in [0.15, 0.2) is 11.8 Å². The van der Waals surface area contributed by atoms with Gasteiger partial charge in [-0.15, -0.1) is 15.3 Å². The van der Waals surface area contributed by atoms with Gasteiger partial charge in [0, 0.05) is 13.1 Å². The Morgan fingerprint density at radius 3 is 2.53 bits per heavy atom. The molecule has 1 unspecified atom stereocenters. The van der Waals surface area contributed by atoms with Crippen molar-refractivity contribution < 1.29 is 27.5 Å². The second-order valence-electron chi connectivity index (χ2n) is 7.79. The Balaban J connectivity index is 1.34. The van der Waals surface area contributed by atoms with Crippen molar-refractivity contribution >= 4 is 40.6 Å². The Morgan fingerprint density at radius 2 is 1.85 bits per heavy atom. The van der Waals surface area contributed by atoms with Crippen LogP contribution in [0.5, 0.6) is 0 Å². The number of carbonyl (C=O) groups is 2. The van der Waals surface area contributed by atoms with E-state index in [9.17, 15) is 22.8 Å². The monoisotopic (exact) mass is 496 g/mol. The Bertz CT molecular complexity index is 1210. The maximum Gasteiger partial charge on any atom is 0.453 e. The SMILES string of the molecule is CC(OC(=O)C1CCN(c2ccc3nnc(C(F)(F)F)n3n2)CC1)C(=O)Nc1ccccc1Cl. The zero-order valence-electron chi connectivity index (χ0n) is 17.9. The Hall–Kier alpha value is -3.41. The summed E-state index contributed by atoms with van der Waals surface area (Å²) in [6, 6.07) is 9.66. The zero-order valence-corrected chi connectivity index (χ0v) is 18.7. The van der Waals surface area contributed by atoms with Crippen molar-refractivity contribution in [2.45, 2.75) is 32.0 Å². The molecule has 1 aliphatic heterocycles. The first kappa shape index (κ1) is 23.7. The molecule has 1 fully saturated rings. The number of nitrogens with zero attached hydrogens (tertiary/aromatic N) is 5. The first-order valence-electron chi connectivity index (χ1n) is 10.4. The van der Waals surface area contributed by atoms with Crippen LogP contribution in [0.15, 0.2) is 36.4 Å². The largest absolute Gasteiger partial charge is 0.453 e. The number of halogens is 4. The number of nitrogens with one attached hydrogen (secondary N) is 1. The highest BCUT2D eigenvalue weighted by Crippen LogP contribution is 2.29. The van der Waals surface area contributed by atoms with Gasteiger partial charge in [0.25, 0.3) is 11.7 Å². The summed E-state index contributed by atoms with van der Waals surface area (Å²) in [4.78, 5) is 26.7. The van der Waals surface area contributed by atoms with E-state index in [0.717, 1.165) is 0 Å². The highest BCUT2D eigenvalue weighted by atomic mass is 35.5. The molecule has 1 N–H and O–H groups in total. The normalized spacial score (nSPS) is 15.9. The van der Waals surface area contributed by atoms with Crippen LogP contribution < -0.4 is 10.2 Å².